The minimum atomic E-state index is -1.25. The molecule has 35 heavy (non-hydrogen) atoms. The number of carbonyl (C=O) groups is 3. The summed E-state index contributed by atoms with van der Waals surface area (Å²) >= 11 is 0. The molecule has 0 fully saturated rings. The van der Waals surface area contributed by atoms with Crippen LogP contribution in [-0.2, 0) is 21.3 Å². The second-order valence-electron chi connectivity index (χ2n) is 8.22. The molecule has 2 amide bonds. The maximum absolute atomic E-state index is 12.6. The first-order chi connectivity index (χ1) is 16.8. The summed E-state index contributed by atoms with van der Waals surface area (Å²) in [6, 6.07) is 16.1. The first-order valence-electron chi connectivity index (χ1n) is 11.0. The molecule has 1 aliphatic carbocycles. The molecule has 2 aromatic carbocycles. The average Bonchev–Trinajstić information content (AvgIpc) is 3.37. The summed E-state index contributed by atoms with van der Waals surface area (Å²) < 4.78 is 11.8. The molecule has 4 rings (SSSR count). The maximum Gasteiger partial charge on any atom is 0.412 e. The Hall–Kier alpha value is -4.18. The quantitative estimate of drug-likeness (QED) is 0.453. The van der Waals surface area contributed by atoms with Crippen molar-refractivity contribution in [3.63, 3.8) is 0 Å². The molecule has 0 unspecified atom stereocenters. The lowest BCUT2D eigenvalue weighted by Crippen LogP contribution is -2.48. The van der Waals surface area contributed by atoms with Gasteiger partial charge >= 0.3 is 12.1 Å². The van der Waals surface area contributed by atoms with E-state index in [0.717, 1.165) is 22.3 Å². The fourth-order valence-electron chi connectivity index (χ4n) is 4.21. The molecular formula is C25H26N4O6. The summed E-state index contributed by atoms with van der Waals surface area (Å²) in [7, 11) is 2.86. The van der Waals surface area contributed by atoms with Crippen LogP contribution in [0.2, 0.25) is 0 Å². The number of amides is 2. The summed E-state index contributed by atoms with van der Waals surface area (Å²) in [4.78, 5) is 36.5. The van der Waals surface area contributed by atoms with E-state index >= 15 is 0 Å². The number of carboxylic acids is 1. The van der Waals surface area contributed by atoms with Gasteiger partial charge in [-0.25, -0.2) is 9.59 Å². The Labute approximate surface area is 201 Å². The molecule has 10 nitrogen and oxygen atoms in total. The van der Waals surface area contributed by atoms with E-state index in [9.17, 15) is 19.5 Å². The Morgan fingerprint density at radius 2 is 1.69 bits per heavy atom. The summed E-state index contributed by atoms with van der Waals surface area (Å²) in [5.74, 6) is -1.89. The molecule has 0 bridgehead atoms. The molecule has 0 saturated heterocycles. The summed E-state index contributed by atoms with van der Waals surface area (Å²) in [6.07, 6.45) is -1.46. The lowest BCUT2D eigenvalue weighted by Gasteiger charge is -2.19. The zero-order valence-electron chi connectivity index (χ0n) is 19.5. The van der Waals surface area contributed by atoms with Gasteiger partial charge in [-0.05, 0) is 29.2 Å². The van der Waals surface area contributed by atoms with E-state index in [4.69, 9.17) is 9.47 Å². The van der Waals surface area contributed by atoms with Crippen molar-refractivity contribution in [3.05, 3.63) is 71.4 Å². The van der Waals surface area contributed by atoms with Crippen LogP contribution in [0.5, 0.6) is 0 Å². The van der Waals surface area contributed by atoms with Gasteiger partial charge in [0.05, 0.1) is 6.10 Å². The van der Waals surface area contributed by atoms with Crippen LogP contribution in [0, 0.1) is 0 Å². The van der Waals surface area contributed by atoms with Crippen LogP contribution in [0.15, 0.2) is 54.6 Å². The number of anilines is 1. The zero-order chi connectivity index (χ0) is 25.1. The number of rotatable bonds is 8. The molecule has 3 N–H and O–H groups in total. The molecule has 1 aromatic heterocycles. The number of carboxylic acid groups (broad SMARTS) is 1. The van der Waals surface area contributed by atoms with E-state index in [0.29, 0.717) is 0 Å². The first kappa shape index (κ1) is 24.0. The van der Waals surface area contributed by atoms with Crippen molar-refractivity contribution in [2.24, 2.45) is 7.05 Å². The summed E-state index contributed by atoms with van der Waals surface area (Å²) in [6.45, 7) is 1.67. The number of aliphatic carboxylic acids is 1. The molecule has 3 aromatic rings. The van der Waals surface area contributed by atoms with Crippen molar-refractivity contribution in [2.75, 3.05) is 19.0 Å². The van der Waals surface area contributed by atoms with Crippen LogP contribution in [-0.4, -0.2) is 58.7 Å². The standard InChI is InChI=1S/C25H26N4O6/c1-14(34-3)22(24(31)32)27-23(30)20-12-21(28-29(20)2)26-25(33)35-13-19-17-10-6-4-8-15(17)16-9-5-7-11-18(16)19/h4-12,14,19,22H,13H2,1-3H3,(H,27,30)(H,31,32)(H,26,28,33)/t14-,22+/m1/s1. The maximum atomic E-state index is 12.6. The van der Waals surface area contributed by atoms with Gasteiger partial charge in [0.15, 0.2) is 11.9 Å². The number of benzene rings is 2. The minimum Gasteiger partial charge on any atom is -0.480 e. The van der Waals surface area contributed by atoms with Crippen LogP contribution >= 0.6 is 0 Å². The van der Waals surface area contributed by atoms with Crippen molar-refractivity contribution in [1.29, 1.82) is 0 Å². The first-order valence-corrected chi connectivity index (χ1v) is 11.0. The predicted octanol–water partition coefficient (Wildman–Crippen LogP) is 3.00. The number of nitrogens with one attached hydrogen (secondary N) is 2. The third kappa shape index (κ3) is 4.87. The number of carbonyl (C=O) groups excluding carboxylic acids is 2. The highest BCUT2D eigenvalue weighted by Gasteiger charge is 2.30. The Balaban J connectivity index is 1.41. The van der Waals surface area contributed by atoms with Crippen LogP contribution in [0.25, 0.3) is 11.1 Å². The Morgan fingerprint density at radius 1 is 1.09 bits per heavy atom. The predicted molar refractivity (Wildman–Crippen MR) is 127 cm³/mol. The van der Waals surface area contributed by atoms with Gasteiger partial charge < -0.3 is 19.9 Å². The van der Waals surface area contributed by atoms with E-state index in [-0.39, 0.29) is 24.0 Å². The van der Waals surface area contributed by atoms with E-state index in [2.05, 4.69) is 27.9 Å². The number of ether oxygens (including phenoxy) is 2. The normalized spacial score (nSPS) is 13.9. The van der Waals surface area contributed by atoms with Gasteiger partial charge in [0.1, 0.15) is 12.3 Å². The molecule has 2 atom stereocenters. The van der Waals surface area contributed by atoms with Gasteiger partial charge in [-0.2, -0.15) is 5.10 Å². The lowest BCUT2D eigenvalue weighted by molar-refractivity contribution is -0.142. The minimum absolute atomic E-state index is 0.0634. The highest BCUT2D eigenvalue weighted by molar-refractivity contribution is 5.96. The van der Waals surface area contributed by atoms with E-state index < -0.39 is 30.1 Å². The average molecular weight is 479 g/mol. The third-order valence-electron chi connectivity index (χ3n) is 6.08. The fraction of sp³-hybridized carbons (Fsp3) is 0.280. The third-order valence-corrected chi connectivity index (χ3v) is 6.08. The second-order valence-corrected chi connectivity index (χ2v) is 8.22. The van der Waals surface area contributed by atoms with Gasteiger partial charge in [-0.1, -0.05) is 48.5 Å². The van der Waals surface area contributed by atoms with E-state index in [1.54, 1.807) is 0 Å². The van der Waals surface area contributed by atoms with Crippen LogP contribution < -0.4 is 10.6 Å². The molecule has 0 spiro atoms. The summed E-state index contributed by atoms with van der Waals surface area (Å²) in [5.41, 5.74) is 4.50. The monoisotopic (exact) mass is 478 g/mol. The molecule has 1 heterocycles. The summed E-state index contributed by atoms with van der Waals surface area (Å²) in [5, 5.41) is 18.4. The highest BCUT2D eigenvalue weighted by Crippen LogP contribution is 2.44. The van der Waals surface area contributed by atoms with Crippen molar-refractivity contribution < 1.29 is 29.0 Å². The number of nitrogens with zero attached hydrogens (tertiary/aromatic N) is 2. The largest absolute Gasteiger partial charge is 0.480 e. The van der Waals surface area contributed by atoms with Crippen molar-refractivity contribution in [1.82, 2.24) is 15.1 Å². The number of aromatic nitrogens is 2. The molecule has 0 aliphatic heterocycles. The molecule has 0 radical (unpaired) electrons. The number of hydrogen-bond donors (Lipinski definition) is 3. The molecular weight excluding hydrogens is 452 g/mol. The van der Waals surface area contributed by atoms with Crippen LogP contribution in [0.3, 0.4) is 0 Å². The topological polar surface area (TPSA) is 132 Å². The van der Waals surface area contributed by atoms with Gasteiger partial charge in [0, 0.05) is 26.1 Å². The molecule has 0 saturated carbocycles. The second kappa shape index (κ2) is 9.98. The Bertz CT molecular complexity index is 1220. The van der Waals surface area contributed by atoms with Crippen LogP contribution in [0.1, 0.15) is 34.5 Å². The number of fused-ring (bicyclic) bond motifs is 3. The zero-order valence-corrected chi connectivity index (χ0v) is 19.5. The molecule has 1 aliphatic rings. The number of hydrogen-bond acceptors (Lipinski definition) is 6. The van der Waals surface area contributed by atoms with Gasteiger partial charge in [0.25, 0.3) is 5.91 Å². The SMILES string of the molecule is CO[C@H](C)[C@H](NC(=O)c1cc(NC(=O)OCC2c3ccccc3-c3ccccc32)nn1C)C(=O)O. The van der Waals surface area contributed by atoms with Gasteiger partial charge in [-0.15, -0.1) is 0 Å². The lowest BCUT2D eigenvalue weighted by atomic mass is 9.98. The van der Waals surface area contributed by atoms with Gasteiger partial charge in [0.2, 0.25) is 0 Å². The Kier molecular flexibility index (Phi) is 6.83. The van der Waals surface area contributed by atoms with Crippen LogP contribution in [0.4, 0.5) is 10.6 Å². The smallest absolute Gasteiger partial charge is 0.412 e. The Morgan fingerprint density at radius 3 is 2.26 bits per heavy atom. The number of methoxy groups -OCH3 is 1. The van der Waals surface area contributed by atoms with Crippen molar-refractivity contribution >= 4 is 23.8 Å². The van der Waals surface area contributed by atoms with Crippen molar-refractivity contribution in [3.8, 4) is 11.1 Å². The van der Waals surface area contributed by atoms with E-state index in [1.807, 2.05) is 36.4 Å². The van der Waals surface area contributed by atoms with Gasteiger partial charge in [-0.3, -0.25) is 14.8 Å². The highest BCUT2D eigenvalue weighted by atomic mass is 16.5. The molecule has 182 valence electrons. The van der Waals surface area contributed by atoms with Crippen molar-refractivity contribution in [2.45, 2.75) is 25.0 Å². The fourth-order valence-corrected chi connectivity index (χ4v) is 4.21. The number of aryl methyl sites for hydroxylation is 1. The van der Waals surface area contributed by atoms with E-state index in [1.165, 1.54) is 31.8 Å². The molecule has 10 heteroatoms.